The van der Waals surface area contributed by atoms with Gasteiger partial charge < -0.3 is 9.42 Å². The third-order valence-corrected chi connectivity index (χ3v) is 4.68. The van der Waals surface area contributed by atoms with Crippen molar-refractivity contribution in [1.82, 2.24) is 20.0 Å². The van der Waals surface area contributed by atoms with E-state index in [1.807, 2.05) is 20.8 Å². The van der Waals surface area contributed by atoms with Crippen LogP contribution in [0.25, 0.3) is 0 Å². The second kappa shape index (κ2) is 5.68. The smallest absolute Gasteiger partial charge is 0.138 e. The van der Waals surface area contributed by atoms with Crippen LogP contribution in [0.3, 0.4) is 0 Å². The molecule has 2 aromatic rings. The van der Waals surface area contributed by atoms with Gasteiger partial charge in [0.1, 0.15) is 17.9 Å². The molecule has 118 valence electrons. The van der Waals surface area contributed by atoms with Crippen molar-refractivity contribution in [2.45, 2.75) is 40.3 Å². The van der Waals surface area contributed by atoms with Crippen molar-refractivity contribution in [3.05, 3.63) is 34.6 Å². The number of anilines is 1. The minimum atomic E-state index is 0.531. The molecule has 22 heavy (non-hydrogen) atoms. The predicted octanol–water partition coefficient (Wildman–Crippen LogP) is 2.02. The third-order valence-electron chi connectivity index (χ3n) is 4.68. The first-order valence-electron chi connectivity index (χ1n) is 7.62. The second-order valence-corrected chi connectivity index (χ2v) is 6.18. The summed E-state index contributed by atoms with van der Waals surface area (Å²) < 4.78 is 5.24. The summed E-state index contributed by atoms with van der Waals surface area (Å²) in [5.74, 6) is 1.98. The topological polar surface area (TPSA) is 58.3 Å². The lowest BCUT2D eigenvalue weighted by molar-refractivity contribution is 0.195. The van der Waals surface area contributed by atoms with Gasteiger partial charge in [0.2, 0.25) is 0 Å². The standard InChI is InChI=1S/C16H23N5O/c1-10-11(2)17-9-18-16(10)21-6-14(7-21)20(5)8-15-12(3)19-22-13(15)4/h9,14H,6-8H2,1-5H3. The molecule has 2 aromatic heterocycles. The molecule has 1 aliphatic heterocycles. The van der Waals surface area contributed by atoms with E-state index in [0.29, 0.717) is 6.04 Å². The zero-order valence-corrected chi connectivity index (χ0v) is 13.9. The molecule has 0 atom stereocenters. The maximum absolute atomic E-state index is 5.24. The summed E-state index contributed by atoms with van der Waals surface area (Å²) >= 11 is 0. The van der Waals surface area contributed by atoms with E-state index in [2.05, 4.69) is 38.9 Å². The van der Waals surface area contributed by atoms with Gasteiger partial charge in [-0.2, -0.15) is 0 Å². The van der Waals surface area contributed by atoms with Crippen molar-refractivity contribution >= 4 is 5.82 Å². The molecule has 1 fully saturated rings. The van der Waals surface area contributed by atoms with Gasteiger partial charge in [-0.15, -0.1) is 0 Å². The SMILES string of the molecule is Cc1ncnc(N2CC(N(C)Cc3c(C)noc3C)C2)c1C. The molecule has 3 rings (SSSR count). The average molecular weight is 301 g/mol. The number of likely N-dealkylation sites (N-methyl/N-ethyl adjacent to an activating group) is 1. The zero-order chi connectivity index (χ0) is 15.9. The summed E-state index contributed by atoms with van der Waals surface area (Å²) in [6.07, 6.45) is 1.65. The maximum Gasteiger partial charge on any atom is 0.138 e. The number of aromatic nitrogens is 3. The molecule has 0 aliphatic carbocycles. The monoisotopic (exact) mass is 301 g/mol. The summed E-state index contributed by atoms with van der Waals surface area (Å²) in [6.45, 7) is 11.0. The second-order valence-electron chi connectivity index (χ2n) is 6.18. The molecule has 0 N–H and O–H groups in total. The van der Waals surface area contributed by atoms with Crippen molar-refractivity contribution < 1.29 is 4.52 Å². The van der Waals surface area contributed by atoms with E-state index < -0.39 is 0 Å². The van der Waals surface area contributed by atoms with Crippen molar-refractivity contribution in [3.63, 3.8) is 0 Å². The van der Waals surface area contributed by atoms with Crippen molar-refractivity contribution in [2.24, 2.45) is 0 Å². The van der Waals surface area contributed by atoms with Gasteiger partial charge in [-0.3, -0.25) is 4.90 Å². The first-order chi connectivity index (χ1) is 10.5. The van der Waals surface area contributed by atoms with Crippen LogP contribution >= 0.6 is 0 Å². The van der Waals surface area contributed by atoms with Crippen molar-refractivity contribution in [2.75, 3.05) is 25.0 Å². The van der Waals surface area contributed by atoms with E-state index in [0.717, 1.165) is 42.6 Å². The lowest BCUT2D eigenvalue weighted by Crippen LogP contribution is -2.58. The van der Waals surface area contributed by atoms with Crippen LogP contribution in [0.4, 0.5) is 5.82 Å². The van der Waals surface area contributed by atoms with Crippen molar-refractivity contribution in [1.29, 1.82) is 0 Å². The molecule has 0 aromatic carbocycles. The Hall–Kier alpha value is -1.95. The predicted molar refractivity (Wildman–Crippen MR) is 85.0 cm³/mol. The Morgan fingerprint density at radius 1 is 1.18 bits per heavy atom. The normalized spacial score (nSPS) is 15.5. The molecule has 6 heteroatoms. The highest BCUT2D eigenvalue weighted by molar-refractivity contribution is 5.50. The Labute approximate surface area is 131 Å². The minimum Gasteiger partial charge on any atom is -0.361 e. The Morgan fingerprint density at radius 3 is 2.55 bits per heavy atom. The molecule has 0 saturated carbocycles. The number of nitrogens with zero attached hydrogens (tertiary/aromatic N) is 5. The van der Waals surface area contributed by atoms with E-state index in [1.165, 1.54) is 11.1 Å². The van der Waals surface area contributed by atoms with Gasteiger partial charge in [0, 0.05) is 42.5 Å². The van der Waals surface area contributed by atoms with Gasteiger partial charge >= 0.3 is 0 Å². The Bertz CT molecular complexity index is 656. The first kappa shape index (κ1) is 15.0. The number of rotatable bonds is 4. The summed E-state index contributed by atoms with van der Waals surface area (Å²) in [4.78, 5) is 13.4. The molecule has 0 unspecified atom stereocenters. The molecule has 0 radical (unpaired) electrons. The summed E-state index contributed by atoms with van der Waals surface area (Å²) in [6, 6.07) is 0.531. The van der Waals surface area contributed by atoms with Crippen molar-refractivity contribution in [3.8, 4) is 0 Å². The quantitative estimate of drug-likeness (QED) is 0.861. The fourth-order valence-electron chi connectivity index (χ4n) is 2.86. The minimum absolute atomic E-state index is 0.531. The van der Waals surface area contributed by atoms with Gasteiger partial charge in [0.25, 0.3) is 0 Å². The first-order valence-corrected chi connectivity index (χ1v) is 7.62. The molecule has 0 spiro atoms. The van der Waals surface area contributed by atoms with Gasteiger partial charge in [-0.1, -0.05) is 5.16 Å². The lowest BCUT2D eigenvalue weighted by atomic mass is 10.0. The van der Waals surface area contributed by atoms with E-state index in [4.69, 9.17) is 4.52 Å². The number of aryl methyl sites for hydroxylation is 3. The fourth-order valence-corrected chi connectivity index (χ4v) is 2.86. The lowest BCUT2D eigenvalue weighted by Gasteiger charge is -2.45. The molecule has 0 bridgehead atoms. The van der Waals surface area contributed by atoms with Crippen LogP contribution < -0.4 is 4.90 Å². The van der Waals surface area contributed by atoms with Crippen LogP contribution in [0.15, 0.2) is 10.9 Å². The van der Waals surface area contributed by atoms with E-state index in [1.54, 1.807) is 6.33 Å². The molecule has 3 heterocycles. The molecule has 1 saturated heterocycles. The average Bonchev–Trinajstić information content (AvgIpc) is 2.74. The molecule has 1 aliphatic rings. The number of hydrogen-bond donors (Lipinski definition) is 0. The number of hydrogen-bond acceptors (Lipinski definition) is 6. The molecular weight excluding hydrogens is 278 g/mol. The Morgan fingerprint density at radius 2 is 1.91 bits per heavy atom. The van der Waals surface area contributed by atoms with Crippen LogP contribution in [0, 0.1) is 27.7 Å². The summed E-state index contributed by atoms with van der Waals surface area (Å²) in [5.41, 5.74) is 4.42. The highest BCUT2D eigenvalue weighted by Gasteiger charge is 2.32. The van der Waals surface area contributed by atoms with Crippen LogP contribution in [0.5, 0.6) is 0 Å². The van der Waals surface area contributed by atoms with Crippen LogP contribution in [0.1, 0.15) is 28.3 Å². The van der Waals surface area contributed by atoms with Gasteiger partial charge in [0.05, 0.1) is 5.69 Å². The van der Waals surface area contributed by atoms with Crippen LogP contribution in [-0.4, -0.2) is 46.2 Å². The highest BCUT2D eigenvalue weighted by Crippen LogP contribution is 2.26. The highest BCUT2D eigenvalue weighted by atomic mass is 16.5. The maximum atomic E-state index is 5.24. The molecule has 0 amide bonds. The Kier molecular flexibility index (Phi) is 3.87. The van der Waals surface area contributed by atoms with E-state index in [9.17, 15) is 0 Å². The van der Waals surface area contributed by atoms with E-state index >= 15 is 0 Å². The molecular formula is C16H23N5O. The zero-order valence-electron chi connectivity index (χ0n) is 13.9. The van der Waals surface area contributed by atoms with Gasteiger partial charge in [-0.05, 0) is 34.7 Å². The Balaban J connectivity index is 1.62. The summed E-state index contributed by atoms with van der Waals surface area (Å²) in [7, 11) is 2.16. The van der Waals surface area contributed by atoms with Crippen LogP contribution in [0.2, 0.25) is 0 Å². The van der Waals surface area contributed by atoms with E-state index in [-0.39, 0.29) is 0 Å². The summed E-state index contributed by atoms with van der Waals surface area (Å²) in [5, 5.41) is 4.03. The third kappa shape index (κ3) is 2.59. The molecule has 6 nitrogen and oxygen atoms in total. The van der Waals surface area contributed by atoms with Gasteiger partial charge in [0.15, 0.2) is 0 Å². The van der Waals surface area contributed by atoms with Crippen LogP contribution in [-0.2, 0) is 6.54 Å². The largest absolute Gasteiger partial charge is 0.361 e. The fraction of sp³-hybridized carbons (Fsp3) is 0.562. The van der Waals surface area contributed by atoms with Gasteiger partial charge in [-0.25, -0.2) is 9.97 Å².